The maximum atomic E-state index is 5.50. The molecule has 3 nitrogen and oxygen atoms in total. The van der Waals surface area contributed by atoms with Crippen molar-refractivity contribution in [1.82, 2.24) is 9.97 Å². The molecule has 0 radical (unpaired) electrons. The van der Waals surface area contributed by atoms with Crippen molar-refractivity contribution < 1.29 is 0 Å². The van der Waals surface area contributed by atoms with Gasteiger partial charge in [-0.15, -0.1) is 0 Å². The molecule has 0 aromatic carbocycles. The van der Waals surface area contributed by atoms with E-state index in [-0.39, 0.29) is 0 Å². The van der Waals surface area contributed by atoms with Gasteiger partial charge in [-0.3, -0.25) is 0 Å². The zero-order valence-corrected chi connectivity index (χ0v) is 8.72. The molecular weight excluding hydrogens is 162 g/mol. The number of nitrogens with zero attached hydrogens (tertiary/aromatic N) is 1. The number of aromatic nitrogens is 2. The summed E-state index contributed by atoms with van der Waals surface area (Å²) >= 11 is 0. The Labute approximate surface area is 79.8 Å². The Morgan fingerprint density at radius 3 is 2.69 bits per heavy atom. The highest BCUT2D eigenvalue weighted by molar-refractivity contribution is 5.14. The van der Waals surface area contributed by atoms with Gasteiger partial charge in [0.15, 0.2) is 0 Å². The summed E-state index contributed by atoms with van der Waals surface area (Å²) in [6.45, 7) is 7.08. The second-order valence-corrected chi connectivity index (χ2v) is 3.53. The number of hydrogen-bond acceptors (Lipinski definition) is 2. The third-order valence-electron chi connectivity index (χ3n) is 2.41. The van der Waals surface area contributed by atoms with Gasteiger partial charge in [0.05, 0.1) is 5.69 Å². The molecule has 0 fully saturated rings. The monoisotopic (exact) mass is 181 g/mol. The van der Waals surface area contributed by atoms with E-state index in [0.29, 0.717) is 5.92 Å². The third-order valence-corrected chi connectivity index (χ3v) is 2.41. The minimum absolute atomic E-state index is 0.448. The van der Waals surface area contributed by atoms with E-state index in [1.54, 1.807) is 0 Å². The van der Waals surface area contributed by atoms with Crippen LogP contribution in [0.4, 0.5) is 0 Å². The van der Waals surface area contributed by atoms with E-state index >= 15 is 0 Å². The van der Waals surface area contributed by atoms with E-state index in [0.717, 1.165) is 25.2 Å². The molecule has 74 valence electrons. The molecule has 1 atom stereocenters. The van der Waals surface area contributed by atoms with E-state index in [1.807, 2.05) is 0 Å². The van der Waals surface area contributed by atoms with Crippen molar-refractivity contribution in [2.45, 2.75) is 39.5 Å². The molecule has 3 heteroatoms. The van der Waals surface area contributed by atoms with Crippen LogP contribution in [0.25, 0.3) is 0 Å². The topological polar surface area (TPSA) is 54.7 Å². The van der Waals surface area contributed by atoms with Gasteiger partial charge < -0.3 is 10.7 Å². The maximum absolute atomic E-state index is 5.50. The number of aryl methyl sites for hydroxylation is 2. The van der Waals surface area contributed by atoms with E-state index < -0.39 is 0 Å². The van der Waals surface area contributed by atoms with Gasteiger partial charge in [0, 0.05) is 11.6 Å². The third kappa shape index (κ3) is 2.31. The van der Waals surface area contributed by atoms with Crippen LogP contribution in [0.1, 0.15) is 43.4 Å². The largest absolute Gasteiger partial charge is 0.346 e. The van der Waals surface area contributed by atoms with Crippen molar-refractivity contribution in [3.63, 3.8) is 0 Å². The van der Waals surface area contributed by atoms with Crippen LogP contribution in [0.3, 0.4) is 0 Å². The van der Waals surface area contributed by atoms with Gasteiger partial charge in [0.25, 0.3) is 0 Å². The fourth-order valence-corrected chi connectivity index (χ4v) is 1.49. The Morgan fingerprint density at radius 1 is 1.54 bits per heavy atom. The Hall–Kier alpha value is -0.830. The lowest BCUT2D eigenvalue weighted by Gasteiger charge is -2.04. The van der Waals surface area contributed by atoms with Crippen molar-refractivity contribution >= 4 is 0 Å². The predicted octanol–water partition coefficient (Wildman–Crippen LogP) is 1.73. The molecule has 0 amide bonds. The fourth-order valence-electron chi connectivity index (χ4n) is 1.49. The van der Waals surface area contributed by atoms with E-state index in [2.05, 4.69) is 30.7 Å². The minimum Gasteiger partial charge on any atom is -0.346 e. The van der Waals surface area contributed by atoms with Crippen LogP contribution in [-0.2, 0) is 6.42 Å². The molecule has 1 heterocycles. The molecule has 0 bridgehead atoms. The van der Waals surface area contributed by atoms with Crippen LogP contribution >= 0.6 is 0 Å². The van der Waals surface area contributed by atoms with Crippen molar-refractivity contribution in [2.24, 2.45) is 5.73 Å². The highest BCUT2D eigenvalue weighted by Gasteiger charge is 2.10. The summed E-state index contributed by atoms with van der Waals surface area (Å²) < 4.78 is 0. The smallest absolute Gasteiger partial charge is 0.109 e. The zero-order valence-electron chi connectivity index (χ0n) is 8.72. The highest BCUT2D eigenvalue weighted by Crippen LogP contribution is 2.17. The highest BCUT2D eigenvalue weighted by atomic mass is 14.9. The standard InChI is InChI=1S/C10H19N3/c1-4-9-8(3)12-10(13-9)7(2)5-6-11/h7H,4-6,11H2,1-3H3,(H,12,13). The lowest BCUT2D eigenvalue weighted by Crippen LogP contribution is -2.05. The maximum Gasteiger partial charge on any atom is 0.109 e. The van der Waals surface area contributed by atoms with Gasteiger partial charge >= 0.3 is 0 Å². The van der Waals surface area contributed by atoms with Crippen LogP contribution in [0.5, 0.6) is 0 Å². The lowest BCUT2D eigenvalue weighted by atomic mass is 10.1. The van der Waals surface area contributed by atoms with Gasteiger partial charge in [-0.25, -0.2) is 4.98 Å². The first-order valence-corrected chi connectivity index (χ1v) is 4.94. The van der Waals surface area contributed by atoms with Gasteiger partial charge in [-0.1, -0.05) is 13.8 Å². The molecule has 1 aromatic heterocycles. The number of rotatable bonds is 4. The van der Waals surface area contributed by atoms with E-state index in [1.165, 1.54) is 11.4 Å². The quantitative estimate of drug-likeness (QED) is 0.743. The van der Waals surface area contributed by atoms with Crippen LogP contribution in [-0.4, -0.2) is 16.5 Å². The van der Waals surface area contributed by atoms with Crippen molar-refractivity contribution in [2.75, 3.05) is 6.54 Å². The van der Waals surface area contributed by atoms with Gasteiger partial charge in [0.2, 0.25) is 0 Å². The van der Waals surface area contributed by atoms with Crippen LogP contribution in [0.15, 0.2) is 0 Å². The first-order valence-electron chi connectivity index (χ1n) is 4.94. The SMILES string of the molecule is CCc1nc(C(C)CCN)[nH]c1C. The van der Waals surface area contributed by atoms with Gasteiger partial charge in [-0.05, 0) is 26.3 Å². The molecule has 3 N–H and O–H groups in total. The van der Waals surface area contributed by atoms with Crippen LogP contribution in [0.2, 0.25) is 0 Å². The Kier molecular flexibility index (Phi) is 3.48. The summed E-state index contributed by atoms with van der Waals surface area (Å²) in [5, 5.41) is 0. The minimum atomic E-state index is 0.448. The molecule has 1 aromatic rings. The van der Waals surface area contributed by atoms with Crippen molar-refractivity contribution in [3.8, 4) is 0 Å². The normalized spacial score (nSPS) is 13.2. The second kappa shape index (κ2) is 4.42. The molecule has 0 aliphatic carbocycles. The molecular formula is C10H19N3. The molecule has 0 saturated heterocycles. The number of imidazole rings is 1. The number of hydrogen-bond donors (Lipinski definition) is 2. The molecule has 1 rings (SSSR count). The van der Waals surface area contributed by atoms with Crippen LogP contribution < -0.4 is 5.73 Å². The summed E-state index contributed by atoms with van der Waals surface area (Å²) in [4.78, 5) is 7.85. The Balaban J connectivity index is 2.77. The summed E-state index contributed by atoms with van der Waals surface area (Å²) in [5.41, 5.74) is 7.88. The Bertz CT molecular complexity index is 265. The predicted molar refractivity (Wildman–Crippen MR) is 54.8 cm³/mol. The lowest BCUT2D eigenvalue weighted by molar-refractivity contribution is 0.653. The average Bonchev–Trinajstić information content (AvgIpc) is 2.47. The Morgan fingerprint density at radius 2 is 2.23 bits per heavy atom. The number of nitrogens with one attached hydrogen (secondary N) is 1. The molecule has 0 aliphatic rings. The fraction of sp³-hybridized carbons (Fsp3) is 0.700. The van der Waals surface area contributed by atoms with Crippen LogP contribution in [0, 0.1) is 6.92 Å². The van der Waals surface area contributed by atoms with E-state index in [4.69, 9.17) is 5.73 Å². The molecule has 0 spiro atoms. The van der Waals surface area contributed by atoms with Crippen molar-refractivity contribution in [3.05, 3.63) is 17.2 Å². The number of nitrogens with two attached hydrogens (primary N) is 1. The summed E-state index contributed by atoms with van der Waals surface area (Å²) in [6, 6.07) is 0. The average molecular weight is 181 g/mol. The summed E-state index contributed by atoms with van der Waals surface area (Å²) in [6.07, 6.45) is 1.99. The number of H-pyrrole nitrogens is 1. The molecule has 1 unspecified atom stereocenters. The summed E-state index contributed by atoms with van der Waals surface area (Å²) in [7, 11) is 0. The zero-order chi connectivity index (χ0) is 9.84. The molecule has 0 aliphatic heterocycles. The number of aromatic amines is 1. The first-order chi connectivity index (χ1) is 6.19. The first kappa shape index (κ1) is 10.3. The second-order valence-electron chi connectivity index (χ2n) is 3.53. The van der Waals surface area contributed by atoms with Gasteiger partial charge in [0.1, 0.15) is 5.82 Å². The molecule has 13 heavy (non-hydrogen) atoms. The van der Waals surface area contributed by atoms with E-state index in [9.17, 15) is 0 Å². The molecule has 0 saturated carbocycles. The van der Waals surface area contributed by atoms with Crippen molar-refractivity contribution in [1.29, 1.82) is 0 Å². The summed E-state index contributed by atoms with van der Waals surface area (Å²) in [5.74, 6) is 1.53. The van der Waals surface area contributed by atoms with Gasteiger partial charge in [-0.2, -0.15) is 0 Å².